The zero-order valence-electron chi connectivity index (χ0n) is 10.5. The topological polar surface area (TPSA) is 50.8 Å². The maximum atomic E-state index is 11.5. The van der Waals surface area contributed by atoms with E-state index >= 15 is 0 Å². The minimum Gasteiger partial charge on any atom is -0.468 e. The van der Waals surface area contributed by atoms with Crippen molar-refractivity contribution >= 4 is 5.97 Å². The van der Waals surface area contributed by atoms with E-state index in [1.807, 2.05) is 6.92 Å². The summed E-state index contributed by atoms with van der Waals surface area (Å²) in [6.45, 7) is 6.40. The lowest BCUT2D eigenvalue weighted by molar-refractivity contribution is -0.144. The minimum absolute atomic E-state index is 0.214. The van der Waals surface area contributed by atoms with Crippen LogP contribution in [0.1, 0.15) is 13.8 Å². The van der Waals surface area contributed by atoms with Crippen molar-refractivity contribution in [3.63, 3.8) is 0 Å². The van der Waals surface area contributed by atoms with Crippen LogP contribution in [0.2, 0.25) is 0 Å². The molecule has 0 aromatic carbocycles. The molecule has 0 aromatic rings. The fraction of sp³-hybridized carbons (Fsp3) is 0.909. The average Bonchev–Trinajstić information content (AvgIpc) is 2.29. The normalized spacial score (nSPS) is 28.8. The van der Waals surface area contributed by atoms with Crippen LogP contribution in [-0.2, 0) is 14.3 Å². The lowest BCUT2D eigenvalue weighted by atomic mass is 10.1. The summed E-state index contributed by atoms with van der Waals surface area (Å²) in [6, 6.07) is 0.0782. The van der Waals surface area contributed by atoms with Gasteiger partial charge in [-0.25, -0.2) is 0 Å². The third-order valence-electron chi connectivity index (χ3n) is 2.99. The van der Waals surface area contributed by atoms with E-state index in [0.29, 0.717) is 12.6 Å². The van der Waals surface area contributed by atoms with Crippen LogP contribution in [0, 0.1) is 0 Å². The fourth-order valence-corrected chi connectivity index (χ4v) is 1.89. The van der Waals surface area contributed by atoms with Crippen LogP contribution in [-0.4, -0.2) is 62.9 Å². The van der Waals surface area contributed by atoms with E-state index in [-0.39, 0.29) is 18.1 Å². The molecule has 5 heteroatoms. The van der Waals surface area contributed by atoms with Crippen molar-refractivity contribution in [1.82, 2.24) is 10.2 Å². The second-order valence-electron chi connectivity index (χ2n) is 4.31. The van der Waals surface area contributed by atoms with Gasteiger partial charge in [0.25, 0.3) is 0 Å². The molecule has 0 saturated carbocycles. The standard InChI is InChI=1S/C11H22N2O3/c1-8-7-16-9(2)5-13(8)6-10(12-3)11(14)15-4/h8-10,12H,5-7H2,1-4H3. The van der Waals surface area contributed by atoms with Gasteiger partial charge in [0.1, 0.15) is 6.04 Å². The second-order valence-corrected chi connectivity index (χ2v) is 4.31. The molecule has 1 saturated heterocycles. The summed E-state index contributed by atoms with van der Waals surface area (Å²) in [6.07, 6.45) is 0.228. The first-order chi connectivity index (χ1) is 7.58. The highest BCUT2D eigenvalue weighted by atomic mass is 16.5. The van der Waals surface area contributed by atoms with Crippen molar-refractivity contribution in [2.24, 2.45) is 0 Å². The number of likely N-dealkylation sites (N-methyl/N-ethyl adjacent to an activating group) is 1. The molecule has 1 rings (SSSR count). The molecule has 16 heavy (non-hydrogen) atoms. The highest BCUT2D eigenvalue weighted by molar-refractivity contribution is 5.75. The molecule has 0 amide bonds. The van der Waals surface area contributed by atoms with Gasteiger partial charge in [0.05, 0.1) is 19.8 Å². The zero-order chi connectivity index (χ0) is 12.1. The molecule has 0 spiro atoms. The van der Waals surface area contributed by atoms with Crippen LogP contribution in [0.3, 0.4) is 0 Å². The number of morpholine rings is 1. The summed E-state index contributed by atoms with van der Waals surface area (Å²) >= 11 is 0. The van der Waals surface area contributed by atoms with E-state index in [9.17, 15) is 4.79 Å². The van der Waals surface area contributed by atoms with Gasteiger partial charge in [-0.05, 0) is 20.9 Å². The predicted octanol–water partition coefficient (Wildman–Crippen LogP) is -0.143. The highest BCUT2D eigenvalue weighted by Gasteiger charge is 2.28. The van der Waals surface area contributed by atoms with Crippen LogP contribution in [0.15, 0.2) is 0 Å². The van der Waals surface area contributed by atoms with Gasteiger partial charge in [-0.15, -0.1) is 0 Å². The van der Waals surface area contributed by atoms with Gasteiger partial charge in [0.2, 0.25) is 0 Å². The molecule has 5 nitrogen and oxygen atoms in total. The number of nitrogens with one attached hydrogen (secondary N) is 1. The average molecular weight is 230 g/mol. The molecule has 94 valence electrons. The SMILES string of the molecule is CNC(CN1CC(C)OCC1C)C(=O)OC. The van der Waals surface area contributed by atoms with Gasteiger partial charge in [-0.1, -0.05) is 0 Å². The quantitative estimate of drug-likeness (QED) is 0.681. The van der Waals surface area contributed by atoms with Gasteiger partial charge < -0.3 is 14.8 Å². The molecule has 1 heterocycles. The molecule has 0 radical (unpaired) electrons. The number of ether oxygens (including phenoxy) is 2. The Labute approximate surface area is 97.1 Å². The predicted molar refractivity (Wildman–Crippen MR) is 61.3 cm³/mol. The molecule has 1 aliphatic rings. The Bertz CT molecular complexity index is 235. The molecule has 0 aliphatic carbocycles. The van der Waals surface area contributed by atoms with Crippen molar-refractivity contribution in [3.05, 3.63) is 0 Å². The number of carbonyl (C=O) groups excluding carboxylic acids is 1. The Balaban J connectivity index is 2.52. The first-order valence-corrected chi connectivity index (χ1v) is 5.69. The van der Waals surface area contributed by atoms with E-state index in [1.54, 1.807) is 7.05 Å². The number of rotatable bonds is 4. The molecular formula is C11H22N2O3. The van der Waals surface area contributed by atoms with Gasteiger partial charge in [-0.3, -0.25) is 9.69 Å². The summed E-state index contributed by atoms with van der Waals surface area (Å²) in [5, 5.41) is 2.98. The van der Waals surface area contributed by atoms with Crippen molar-refractivity contribution in [1.29, 1.82) is 0 Å². The van der Waals surface area contributed by atoms with Crippen molar-refractivity contribution in [3.8, 4) is 0 Å². The van der Waals surface area contributed by atoms with Gasteiger partial charge in [0, 0.05) is 19.1 Å². The molecule has 1 fully saturated rings. The number of hydrogen-bond donors (Lipinski definition) is 1. The number of hydrogen-bond acceptors (Lipinski definition) is 5. The Morgan fingerprint density at radius 1 is 1.62 bits per heavy atom. The van der Waals surface area contributed by atoms with Gasteiger partial charge in [-0.2, -0.15) is 0 Å². The van der Waals surface area contributed by atoms with E-state index in [0.717, 1.165) is 13.2 Å². The first-order valence-electron chi connectivity index (χ1n) is 5.69. The summed E-state index contributed by atoms with van der Waals surface area (Å²) in [7, 11) is 3.19. The summed E-state index contributed by atoms with van der Waals surface area (Å²) < 4.78 is 10.3. The Hall–Kier alpha value is -0.650. The maximum absolute atomic E-state index is 11.5. The molecule has 3 atom stereocenters. The Kier molecular flexibility index (Phi) is 5.18. The minimum atomic E-state index is -0.266. The fourth-order valence-electron chi connectivity index (χ4n) is 1.89. The monoisotopic (exact) mass is 230 g/mol. The van der Waals surface area contributed by atoms with Crippen LogP contribution >= 0.6 is 0 Å². The van der Waals surface area contributed by atoms with E-state index in [4.69, 9.17) is 9.47 Å². The third kappa shape index (κ3) is 3.43. The van der Waals surface area contributed by atoms with Crippen LogP contribution < -0.4 is 5.32 Å². The zero-order valence-corrected chi connectivity index (χ0v) is 10.5. The third-order valence-corrected chi connectivity index (χ3v) is 2.99. The van der Waals surface area contributed by atoms with Gasteiger partial charge >= 0.3 is 5.97 Å². The van der Waals surface area contributed by atoms with Crippen molar-refractivity contribution in [2.75, 3.05) is 33.9 Å². The molecular weight excluding hydrogens is 208 g/mol. The van der Waals surface area contributed by atoms with Crippen molar-refractivity contribution in [2.45, 2.75) is 32.0 Å². The van der Waals surface area contributed by atoms with Crippen LogP contribution in [0.5, 0.6) is 0 Å². The Morgan fingerprint density at radius 3 is 2.88 bits per heavy atom. The smallest absolute Gasteiger partial charge is 0.324 e. The van der Waals surface area contributed by atoms with E-state index < -0.39 is 0 Å². The maximum Gasteiger partial charge on any atom is 0.324 e. The Morgan fingerprint density at radius 2 is 2.31 bits per heavy atom. The van der Waals surface area contributed by atoms with Gasteiger partial charge in [0.15, 0.2) is 0 Å². The number of carbonyl (C=O) groups is 1. The number of esters is 1. The lowest BCUT2D eigenvalue weighted by Crippen LogP contribution is -2.53. The van der Waals surface area contributed by atoms with Crippen LogP contribution in [0.4, 0.5) is 0 Å². The summed E-state index contributed by atoms with van der Waals surface area (Å²) in [4.78, 5) is 13.7. The summed E-state index contributed by atoms with van der Waals surface area (Å²) in [5.41, 5.74) is 0. The lowest BCUT2D eigenvalue weighted by Gasteiger charge is -2.38. The number of nitrogens with zero attached hydrogens (tertiary/aromatic N) is 1. The van der Waals surface area contributed by atoms with Crippen molar-refractivity contribution < 1.29 is 14.3 Å². The van der Waals surface area contributed by atoms with Crippen LogP contribution in [0.25, 0.3) is 0 Å². The molecule has 1 N–H and O–H groups in total. The molecule has 0 aromatic heterocycles. The molecule has 1 aliphatic heterocycles. The second kappa shape index (κ2) is 6.18. The molecule has 3 unspecified atom stereocenters. The largest absolute Gasteiger partial charge is 0.468 e. The molecule has 0 bridgehead atoms. The van der Waals surface area contributed by atoms with E-state index in [1.165, 1.54) is 7.11 Å². The van der Waals surface area contributed by atoms with E-state index in [2.05, 4.69) is 17.1 Å². The summed E-state index contributed by atoms with van der Waals surface area (Å²) in [5.74, 6) is -0.214. The highest BCUT2D eigenvalue weighted by Crippen LogP contribution is 2.11. The number of methoxy groups -OCH3 is 1. The first kappa shape index (κ1) is 13.4.